The molecule has 1 aromatic heterocycles. The van der Waals surface area contributed by atoms with Crippen LogP contribution in [0.5, 0.6) is 5.75 Å². The van der Waals surface area contributed by atoms with Crippen LogP contribution in [0, 0.1) is 6.92 Å². The van der Waals surface area contributed by atoms with E-state index in [1.54, 1.807) is 36.6 Å². The predicted molar refractivity (Wildman–Crippen MR) is 92.1 cm³/mol. The Kier molecular flexibility index (Phi) is 5.76. The van der Waals surface area contributed by atoms with Gasteiger partial charge >= 0.3 is 11.8 Å². The van der Waals surface area contributed by atoms with Crippen molar-refractivity contribution in [3.05, 3.63) is 46.2 Å². The number of nitrogens with one attached hydrogen (secondary N) is 2. The average Bonchev–Trinajstić information content (AvgIpc) is 3.08. The van der Waals surface area contributed by atoms with E-state index in [1.807, 2.05) is 31.4 Å². The third-order valence-electron chi connectivity index (χ3n) is 3.49. The number of thiophene rings is 1. The Morgan fingerprint density at radius 3 is 2.65 bits per heavy atom. The van der Waals surface area contributed by atoms with Gasteiger partial charge in [-0.05, 0) is 42.1 Å². The van der Waals surface area contributed by atoms with Crippen molar-refractivity contribution < 1.29 is 14.3 Å². The minimum Gasteiger partial charge on any atom is -0.497 e. The third-order valence-corrected chi connectivity index (χ3v) is 4.59. The van der Waals surface area contributed by atoms with E-state index in [0.29, 0.717) is 18.0 Å². The van der Waals surface area contributed by atoms with Crippen LogP contribution >= 0.6 is 11.3 Å². The van der Waals surface area contributed by atoms with E-state index in [9.17, 15) is 9.59 Å². The number of methoxy groups -OCH3 is 1. The highest BCUT2D eigenvalue weighted by Crippen LogP contribution is 2.21. The van der Waals surface area contributed by atoms with E-state index in [0.717, 1.165) is 5.56 Å². The number of benzene rings is 1. The molecule has 0 unspecified atom stereocenters. The molecule has 2 rings (SSSR count). The van der Waals surface area contributed by atoms with E-state index in [-0.39, 0.29) is 5.92 Å². The molecule has 0 spiro atoms. The van der Waals surface area contributed by atoms with Crippen molar-refractivity contribution in [3.8, 4) is 5.75 Å². The fraction of sp³-hybridized carbons (Fsp3) is 0.294. The van der Waals surface area contributed by atoms with Crippen molar-refractivity contribution in [3.63, 3.8) is 0 Å². The van der Waals surface area contributed by atoms with Crippen molar-refractivity contribution in [1.82, 2.24) is 5.32 Å². The van der Waals surface area contributed by atoms with E-state index in [1.165, 1.54) is 4.88 Å². The highest BCUT2D eigenvalue weighted by Gasteiger charge is 2.16. The van der Waals surface area contributed by atoms with Gasteiger partial charge in [0.15, 0.2) is 0 Å². The average molecular weight is 332 g/mol. The van der Waals surface area contributed by atoms with Crippen molar-refractivity contribution >= 4 is 28.8 Å². The molecule has 0 saturated carbocycles. The lowest BCUT2D eigenvalue weighted by Crippen LogP contribution is -2.37. The van der Waals surface area contributed by atoms with Gasteiger partial charge < -0.3 is 15.4 Å². The summed E-state index contributed by atoms with van der Waals surface area (Å²) in [5.41, 5.74) is 1.43. The summed E-state index contributed by atoms with van der Waals surface area (Å²) >= 11 is 1.64. The van der Waals surface area contributed by atoms with Crippen molar-refractivity contribution in [2.24, 2.45) is 0 Å². The van der Waals surface area contributed by atoms with Gasteiger partial charge in [0.1, 0.15) is 5.75 Å². The first-order chi connectivity index (χ1) is 11.0. The minimum atomic E-state index is -0.670. The van der Waals surface area contributed by atoms with E-state index in [4.69, 9.17) is 4.74 Å². The molecule has 2 amide bonds. The number of hydrogen-bond acceptors (Lipinski definition) is 4. The molecule has 0 bridgehead atoms. The molecular formula is C17H20N2O3S. The molecule has 0 saturated heterocycles. The van der Waals surface area contributed by atoms with Crippen molar-refractivity contribution in [2.45, 2.75) is 19.8 Å². The Bertz CT molecular complexity index is 683. The molecule has 0 aliphatic heterocycles. The second-order valence-electron chi connectivity index (χ2n) is 5.26. The Hall–Kier alpha value is -2.34. The number of aryl methyl sites for hydroxylation is 1. The predicted octanol–water partition coefficient (Wildman–Crippen LogP) is 2.92. The highest BCUT2D eigenvalue weighted by molar-refractivity contribution is 7.10. The summed E-state index contributed by atoms with van der Waals surface area (Å²) in [5.74, 6) is -0.426. The van der Waals surface area contributed by atoms with Crippen molar-refractivity contribution in [2.75, 3.05) is 19.0 Å². The zero-order valence-electron chi connectivity index (χ0n) is 13.4. The van der Waals surface area contributed by atoms with Crippen LogP contribution in [-0.2, 0) is 9.59 Å². The first-order valence-corrected chi connectivity index (χ1v) is 8.16. The molecule has 0 radical (unpaired) electrons. The molecule has 0 aliphatic rings. The number of amides is 2. The van der Waals surface area contributed by atoms with Crippen molar-refractivity contribution in [1.29, 1.82) is 0 Å². The molecule has 23 heavy (non-hydrogen) atoms. The Morgan fingerprint density at radius 1 is 1.26 bits per heavy atom. The van der Waals surface area contributed by atoms with Gasteiger partial charge in [0, 0.05) is 23.0 Å². The maximum atomic E-state index is 12.0. The summed E-state index contributed by atoms with van der Waals surface area (Å²) in [6, 6.07) is 9.24. The third kappa shape index (κ3) is 4.56. The summed E-state index contributed by atoms with van der Waals surface area (Å²) in [7, 11) is 1.58. The second kappa shape index (κ2) is 7.78. The topological polar surface area (TPSA) is 67.4 Å². The van der Waals surface area contributed by atoms with Crippen LogP contribution in [0.15, 0.2) is 35.7 Å². The summed E-state index contributed by atoms with van der Waals surface area (Å²) in [6.45, 7) is 4.28. The molecule has 5 nitrogen and oxygen atoms in total. The lowest BCUT2D eigenvalue weighted by molar-refractivity contribution is -0.136. The molecular weight excluding hydrogens is 312 g/mol. The van der Waals surface area contributed by atoms with Crippen LogP contribution in [-0.4, -0.2) is 25.5 Å². The van der Waals surface area contributed by atoms with Crippen LogP contribution in [0.2, 0.25) is 0 Å². The fourth-order valence-corrected chi connectivity index (χ4v) is 2.87. The monoisotopic (exact) mass is 332 g/mol. The lowest BCUT2D eigenvalue weighted by Gasteiger charge is -2.12. The van der Waals surface area contributed by atoms with E-state index < -0.39 is 11.8 Å². The number of carbonyl (C=O) groups excluding carboxylic acids is 2. The molecule has 1 atom stereocenters. The maximum Gasteiger partial charge on any atom is 0.313 e. The number of anilines is 1. The summed E-state index contributed by atoms with van der Waals surface area (Å²) in [4.78, 5) is 25.1. The molecule has 122 valence electrons. The number of ether oxygens (including phenoxy) is 1. The van der Waals surface area contributed by atoms with Crippen LogP contribution in [0.25, 0.3) is 0 Å². The van der Waals surface area contributed by atoms with Gasteiger partial charge in [-0.25, -0.2) is 0 Å². The van der Waals surface area contributed by atoms with Crippen LogP contribution in [0.3, 0.4) is 0 Å². The normalized spacial score (nSPS) is 11.6. The Morgan fingerprint density at radius 2 is 2.04 bits per heavy atom. The maximum absolute atomic E-state index is 12.0. The zero-order chi connectivity index (χ0) is 16.8. The number of hydrogen-bond donors (Lipinski definition) is 2. The molecule has 1 heterocycles. The largest absolute Gasteiger partial charge is 0.497 e. The quantitative estimate of drug-likeness (QED) is 0.827. The lowest BCUT2D eigenvalue weighted by atomic mass is 10.1. The first-order valence-electron chi connectivity index (χ1n) is 7.28. The number of carbonyl (C=O) groups is 2. The molecule has 2 N–H and O–H groups in total. The molecule has 1 aromatic carbocycles. The molecule has 2 aromatic rings. The highest BCUT2D eigenvalue weighted by atomic mass is 32.1. The second-order valence-corrected chi connectivity index (χ2v) is 6.24. The number of rotatable bonds is 5. The van der Waals surface area contributed by atoms with Gasteiger partial charge in [0.2, 0.25) is 0 Å². The Labute approximate surface area is 139 Å². The van der Waals surface area contributed by atoms with Crippen LogP contribution in [0.1, 0.15) is 23.3 Å². The van der Waals surface area contributed by atoms with Crippen LogP contribution < -0.4 is 15.4 Å². The van der Waals surface area contributed by atoms with Gasteiger partial charge in [0.05, 0.1) is 7.11 Å². The molecule has 0 aliphatic carbocycles. The van der Waals surface area contributed by atoms with Gasteiger partial charge in [-0.15, -0.1) is 11.3 Å². The van der Waals surface area contributed by atoms with Gasteiger partial charge in [0.25, 0.3) is 0 Å². The van der Waals surface area contributed by atoms with Gasteiger partial charge in [-0.2, -0.15) is 0 Å². The fourth-order valence-electron chi connectivity index (χ4n) is 2.08. The SMILES string of the molecule is COc1ccc(NC(=O)C(=O)NC[C@H](C)c2cccs2)c(C)c1. The Balaban J connectivity index is 1.89. The van der Waals surface area contributed by atoms with Gasteiger partial charge in [-0.1, -0.05) is 13.0 Å². The first kappa shape index (κ1) is 17.0. The summed E-state index contributed by atoms with van der Waals surface area (Å²) < 4.78 is 5.11. The van der Waals surface area contributed by atoms with Gasteiger partial charge in [-0.3, -0.25) is 9.59 Å². The summed E-state index contributed by atoms with van der Waals surface area (Å²) in [5, 5.41) is 7.27. The minimum absolute atomic E-state index is 0.175. The summed E-state index contributed by atoms with van der Waals surface area (Å²) in [6.07, 6.45) is 0. The standard InChI is InChI=1S/C17H20N2O3S/c1-11-9-13(22-3)6-7-14(11)19-17(21)16(20)18-10-12(2)15-5-4-8-23-15/h4-9,12H,10H2,1-3H3,(H,18,20)(H,19,21)/t12-/m0/s1. The van der Waals surface area contributed by atoms with Crippen LogP contribution in [0.4, 0.5) is 5.69 Å². The smallest absolute Gasteiger partial charge is 0.313 e. The molecule has 6 heteroatoms. The molecule has 0 fully saturated rings. The van der Waals surface area contributed by atoms with E-state index in [2.05, 4.69) is 10.6 Å². The van der Waals surface area contributed by atoms with E-state index >= 15 is 0 Å². The zero-order valence-corrected chi connectivity index (χ0v) is 14.2.